The highest BCUT2D eigenvalue weighted by Gasteiger charge is 2.04. The molecule has 2 aromatic carbocycles. The third kappa shape index (κ3) is 2.60. The van der Waals surface area contributed by atoms with E-state index in [1.165, 1.54) is 12.1 Å². The number of hydrogen-bond acceptors (Lipinski definition) is 4. The minimum atomic E-state index is -0.156. The highest BCUT2D eigenvalue weighted by atomic mass is 16.5. The summed E-state index contributed by atoms with van der Waals surface area (Å²) < 4.78 is 10.5. The maximum Gasteiger partial charge on any atom is 0.237 e. The Hall–Kier alpha value is -2.49. The van der Waals surface area contributed by atoms with E-state index in [0.29, 0.717) is 11.5 Å². The van der Waals surface area contributed by atoms with Crippen LogP contribution in [0.5, 0.6) is 23.0 Å². The van der Waals surface area contributed by atoms with E-state index < -0.39 is 0 Å². The van der Waals surface area contributed by atoms with Crippen molar-refractivity contribution < 1.29 is 19.4 Å². The molecule has 0 fully saturated rings. The van der Waals surface area contributed by atoms with E-state index in [2.05, 4.69) is 0 Å². The number of aromatic hydroxyl groups is 1. The van der Waals surface area contributed by atoms with Crippen LogP contribution < -0.4 is 9.47 Å². The molecule has 0 bridgehead atoms. The molecule has 0 aliphatic heterocycles. The van der Waals surface area contributed by atoms with Gasteiger partial charge >= 0.3 is 0 Å². The van der Waals surface area contributed by atoms with Gasteiger partial charge in [0.1, 0.15) is 23.0 Å². The van der Waals surface area contributed by atoms with Crippen LogP contribution in [0.4, 0.5) is 0 Å². The molecular weight excluding hydrogens is 232 g/mol. The van der Waals surface area contributed by atoms with Crippen molar-refractivity contribution in [2.45, 2.75) is 0 Å². The van der Waals surface area contributed by atoms with E-state index in [4.69, 9.17) is 9.47 Å². The summed E-state index contributed by atoms with van der Waals surface area (Å²) >= 11 is 0. The van der Waals surface area contributed by atoms with E-state index in [1.54, 1.807) is 43.7 Å². The fourth-order valence-corrected chi connectivity index (χ4v) is 1.44. The van der Waals surface area contributed by atoms with Crippen molar-refractivity contribution in [1.82, 2.24) is 0 Å². The number of phenolic OH excluding ortho intramolecular Hbond substituents is 1. The van der Waals surface area contributed by atoms with Gasteiger partial charge in [-0.2, -0.15) is 0 Å². The second-order valence-electron chi connectivity index (χ2n) is 3.56. The molecule has 0 unspecified atom stereocenters. The zero-order valence-corrected chi connectivity index (χ0v) is 9.71. The van der Waals surface area contributed by atoms with Gasteiger partial charge in [0.2, 0.25) is 6.29 Å². The van der Waals surface area contributed by atoms with Crippen LogP contribution in [0.2, 0.25) is 0 Å². The van der Waals surface area contributed by atoms with Gasteiger partial charge in [0.25, 0.3) is 0 Å². The molecule has 0 atom stereocenters. The van der Waals surface area contributed by atoms with Gasteiger partial charge in [-0.3, -0.25) is 4.79 Å². The lowest BCUT2D eigenvalue weighted by molar-refractivity contribution is 0.412. The molecule has 1 radical (unpaired) electrons. The predicted molar refractivity (Wildman–Crippen MR) is 66.0 cm³/mol. The molecule has 4 heteroatoms. The normalized spacial score (nSPS) is 9.83. The molecule has 2 aromatic rings. The number of phenols is 1. The largest absolute Gasteiger partial charge is 0.507 e. The quantitative estimate of drug-likeness (QED) is 0.896. The van der Waals surface area contributed by atoms with Gasteiger partial charge in [-0.05, 0) is 36.4 Å². The zero-order chi connectivity index (χ0) is 13.0. The second kappa shape index (κ2) is 5.23. The lowest BCUT2D eigenvalue weighted by atomic mass is 10.2. The van der Waals surface area contributed by atoms with E-state index in [1.807, 2.05) is 0 Å². The van der Waals surface area contributed by atoms with Crippen molar-refractivity contribution >= 4 is 6.29 Å². The van der Waals surface area contributed by atoms with E-state index in [0.717, 1.165) is 5.75 Å². The molecule has 0 saturated heterocycles. The SMILES string of the molecule is COc1ccc(Oc2ccc([C]=O)c(O)c2)cc1. The van der Waals surface area contributed by atoms with Crippen LogP contribution in [-0.2, 0) is 4.79 Å². The van der Waals surface area contributed by atoms with Crippen LogP contribution >= 0.6 is 0 Å². The lowest BCUT2D eigenvalue weighted by Gasteiger charge is -2.07. The monoisotopic (exact) mass is 243 g/mol. The Morgan fingerprint density at radius 3 is 2.17 bits per heavy atom. The summed E-state index contributed by atoms with van der Waals surface area (Å²) in [6.45, 7) is 0. The van der Waals surface area contributed by atoms with Crippen molar-refractivity contribution in [3.8, 4) is 23.0 Å². The smallest absolute Gasteiger partial charge is 0.237 e. The molecule has 0 amide bonds. The first-order valence-electron chi connectivity index (χ1n) is 5.26. The fourth-order valence-electron chi connectivity index (χ4n) is 1.44. The number of ether oxygens (including phenoxy) is 2. The fraction of sp³-hybridized carbons (Fsp3) is 0.0714. The molecule has 0 aliphatic carbocycles. The Labute approximate surface area is 104 Å². The maximum absolute atomic E-state index is 10.4. The van der Waals surface area contributed by atoms with Crippen molar-refractivity contribution in [2.24, 2.45) is 0 Å². The highest BCUT2D eigenvalue weighted by molar-refractivity contribution is 5.79. The van der Waals surface area contributed by atoms with Crippen LogP contribution in [0, 0.1) is 0 Å². The molecule has 4 nitrogen and oxygen atoms in total. The molecule has 91 valence electrons. The summed E-state index contributed by atoms with van der Waals surface area (Å²) in [5.74, 6) is 1.63. The van der Waals surface area contributed by atoms with Crippen molar-refractivity contribution in [3.63, 3.8) is 0 Å². The Kier molecular flexibility index (Phi) is 3.48. The average Bonchev–Trinajstić information content (AvgIpc) is 2.40. The lowest BCUT2D eigenvalue weighted by Crippen LogP contribution is -1.87. The number of benzene rings is 2. The molecule has 0 heterocycles. The van der Waals surface area contributed by atoms with Crippen LogP contribution in [0.15, 0.2) is 42.5 Å². The van der Waals surface area contributed by atoms with Crippen LogP contribution in [0.3, 0.4) is 0 Å². The molecule has 18 heavy (non-hydrogen) atoms. The van der Waals surface area contributed by atoms with Crippen LogP contribution in [0.1, 0.15) is 5.56 Å². The minimum absolute atomic E-state index is 0.108. The van der Waals surface area contributed by atoms with Gasteiger partial charge in [-0.25, -0.2) is 0 Å². The summed E-state index contributed by atoms with van der Waals surface area (Å²) in [6, 6.07) is 11.4. The molecule has 0 saturated carbocycles. The topological polar surface area (TPSA) is 55.8 Å². The summed E-state index contributed by atoms with van der Waals surface area (Å²) in [5, 5.41) is 9.49. The Bertz CT molecular complexity index is 546. The molecule has 0 aliphatic rings. The number of carbonyl (C=O) groups excluding carboxylic acids is 1. The van der Waals surface area contributed by atoms with Gasteiger partial charge in [-0.15, -0.1) is 0 Å². The van der Waals surface area contributed by atoms with Crippen molar-refractivity contribution in [1.29, 1.82) is 0 Å². The molecule has 1 N–H and O–H groups in total. The van der Waals surface area contributed by atoms with Crippen molar-refractivity contribution in [2.75, 3.05) is 7.11 Å². The minimum Gasteiger partial charge on any atom is -0.507 e. The number of rotatable bonds is 4. The summed E-state index contributed by atoms with van der Waals surface area (Å²) in [7, 11) is 1.59. The molecule has 0 spiro atoms. The first kappa shape index (κ1) is 12.0. The van der Waals surface area contributed by atoms with E-state index in [9.17, 15) is 9.90 Å². The van der Waals surface area contributed by atoms with Gasteiger partial charge in [0.15, 0.2) is 0 Å². The third-order valence-electron chi connectivity index (χ3n) is 2.37. The van der Waals surface area contributed by atoms with Gasteiger partial charge in [0, 0.05) is 6.07 Å². The Morgan fingerprint density at radius 1 is 1.00 bits per heavy atom. The summed E-state index contributed by atoms with van der Waals surface area (Å²) in [5.41, 5.74) is 0.108. The number of hydrogen-bond donors (Lipinski definition) is 1. The molecule has 0 aromatic heterocycles. The van der Waals surface area contributed by atoms with E-state index >= 15 is 0 Å². The first-order chi connectivity index (χ1) is 8.72. The van der Waals surface area contributed by atoms with Gasteiger partial charge in [-0.1, -0.05) is 0 Å². The predicted octanol–water partition coefficient (Wildman–Crippen LogP) is 2.65. The highest BCUT2D eigenvalue weighted by Crippen LogP contribution is 2.27. The van der Waals surface area contributed by atoms with Gasteiger partial charge in [0.05, 0.1) is 12.7 Å². The van der Waals surface area contributed by atoms with Crippen molar-refractivity contribution in [3.05, 3.63) is 48.0 Å². The standard InChI is InChI=1S/C14H11O4/c1-17-11-4-6-12(7-5-11)18-13-3-2-10(9-15)14(16)8-13/h2-8,16H,1H3. The second-order valence-corrected chi connectivity index (χ2v) is 3.56. The molecular formula is C14H11O4. The number of methoxy groups -OCH3 is 1. The third-order valence-corrected chi connectivity index (χ3v) is 2.37. The first-order valence-corrected chi connectivity index (χ1v) is 5.26. The Morgan fingerprint density at radius 2 is 1.61 bits per heavy atom. The van der Waals surface area contributed by atoms with E-state index in [-0.39, 0.29) is 11.3 Å². The van der Waals surface area contributed by atoms with Gasteiger partial charge < -0.3 is 14.6 Å². The molecule has 2 rings (SSSR count). The van der Waals surface area contributed by atoms with Crippen LogP contribution in [-0.4, -0.2) is 18.5 Å². The maximum atomic E-state index is 10.4. The zero-order valence-electron chi connectivity index (χ0n) is 9.71. The summed E-state index contributed by atoms with van der Waals surface area (Å²) in [6.07, 6.45) is 1.63. The summed E-state index contributed by atoms with van der Waals surface area (Å²) in [4.78, 5) is 10.4. The average molecular weight is 243 g/mol. The van der Waals surface area contributed by atoms with Crippen LogP contribution in [0.25, 0.3) is 0 Å². The Balaban J connectivity index is 2.17.